The van der Waals surface area contributed by atoms with Gasteiger partial charge in [0.1, 0.15) is 0 Å². The predicted octanol–water partition coefficient (Wildman–Crippen LogP) is 2.11. The molecule has 2 atom stereocenters. The van der Waals surface area contributed by atoms with Gasteiger partial charge in [-0.25, -0.2) is 0 Å². The van der Waals surface area contributed by atoms with Gasteiger partial charge in [0.2, 0.25) is 0 Å². The quantitative estimate of drug-likeness (QED) is 0.792. The SMILES string of the molecule is CCCC(C(=O)O)C1(O)CCCN(C(C)C)CC1. The number of rotatable bonds is 5. The number of nitrogens with zero attached hydrogens (tertiary/aromatic N) is 1. The highest BCUT2D eigenvalue weighted by molar-refractivity contribution is 5.71. The van der Waals surface area contributed by atoms with E-state index in [-0.39, 0.29) is 0 Å². The fourth-order valence-electron chi connectivity index (χ4n) is 2.94. The molecule has 1 aliphatic heterocycles. The third-order valence-electron chi connectivity index (χ3n) is 4.14. The lowest BCUT2D eigenvalue weighted by Gasteiger charge is -2.33. The zero-order valence-electron chi connectivity index (χ0n) is 11.9. The van der Waals surface area contributed by atoms with Gasteiger partial charge in [-0.15, -0.1) is 0 Å². The molecule has 0 aliphatic carbocycles. The number of carboxylic acids is 1. The van der Waals surface area contributed by atoms with Crippen molar-refractivity contribution < 1.29 is 15.0 Å². The highest BCUT2D eigenvalue weighted by atomic mass is 16.4. The summed E-state index contributed by atoms with van der Waals surface area (Å²) >= 11 is 0. The second-order valence-electron chi connectivity index (χ2n) is 5.77. The molecular weight excluding hydrogens is 230 g/mol. The molecule has 1 rings (SSSR count). The van der Waals surface area contributed by atoms with Gasteiger partial charge in [-0.05, 0) is 46.1 Å². The maximum atomic E-state index is 11.3. The lowest BCUT2D eigenvalue weighted by molar-refractivity contribution is -0.153. The monoisotopic (exact) mass is 257 g/mol. The van der Waals surface area contributed by atoms with E-state index in [0.717, 1.165) is 25.9 Å². The molecule has 1 heterocycles. The molecule has 0 bridgehead atoms. The number of carboxylic acid groups (broad SMARTS) is 1. The van der Waals surface area contributed by atoms with Crippen molar-refractivity contribution in [1.82, 2.24) is 4.90 Å². The summed E-state index contributed by atoms with van der Waals surface area (Å²) < 4.78 is 0. The zero-order valence-corrected chi connectivity index (χ0v) is 11.9. The molecule has 18 heavy (non-hydrogen) atoms. The largest absolute Gasteiger partial charge is 0.481 e. The molecule has 2 unspecified atom stereocenters. The maximum absolute atomic E-state index is 11.3. The van der Waals surface area contributed by atoms with E-state index in [2.05, 4.69) is 18.7 Å². The van der Waals surface area contributed by atoms with Gasteiger partial charge in [0.25, 0.3) is 0 Å². The summed E-state index contributed by atoms with van der Waals surface area (Å²) in [6.45, 7) is 8.01. The highest BCUT2D eigenvalue weighted by Crippen LogP contribution is 2.33. The molecule has 0 aromatic carbocycles. The number of aliphatic carboxylic acids is 1. The Kier molecular flexibility index (Phi) is 5.60. The molecule has 0 amide bonds. The van der Waals surface area contributed by atoms with E-state index >= 15 is 0 Å². The third-order valence-corrected chi connectivity index (χ3v) is 4.14. The van der Waals surface area contributed by atoms with Crippen molar-refractivity contribution in [3.63, 3.8) is 0 Å². The maximum Gasteiger partial charge on any atom is 0.309 e. The molecule has 4 nitrogen and oxygen atoms in total. The molecule has 0 radical (unpaired) electrons. The van der Waals surface area contributed by atoms with Crippen LogP contribution in [0, 0.1) is 5.92 Å². The van der Waals surface area contributed by atoms with Crippen LogP contribution >= 0.6 is 0 Å². The van der Waals surface area contributed by atoms with Crippen LogP contribution in [0.4, 0.5) is 0 Å². The Balaban J connectivity index is 2.75. The molecule has 0 saturated carbocycles. The Morgan fingerprint density at radius 2 is 2.00 bits per heavy atom. The Bertz CT molecular complexity index is 280. The first-order valence-corrected chi connectivity index (χ1v) is 7.10. The Labute approximate surface area is 110 Å². The molecule has 106 valence electrons. The van der Waals surface area contributed by atoms with Gasteiger partial charge >= 0.3 is 5.97 Å². The van der Waals surface area contributed by atoms with Gasteiger partial charge in [-0.1, -0.05) is 13.3 Å². The Morgan fingerprint density at radius 1 is 1.33 bits per heavy atom. The molecule has 4 heteroatoms. The molecule has 0 aromatic rings. The second-order valence-corrected chi connectivity index (χ2v) is 5.77. The second kappa shape index (κ2) is 6.53. The summed E-state index contributed by atoms with van der Waals surface area (Å²) in [5, 5.41) is 20.0. The molecule has 1 fully saturated rings. The fraction of sp³-hybridized carbons (Fsp3) is 0.929. The number of aliphatic hydroxyl groups is 1. The minimum atomic E-state index is -1.02. The van der Waals surface area contributed by atoms with E-state index in [9.17, 15) is 15.0 Å². The average molecular weight is 257 g/mol. The van der Waals surface area contributed by atoms with Crippen molar-refractivity contribution in [1.29, 1.82) is 0 Å². The smallest absolute Gasteiger partial charge is 0.309 e. The van der Waals surface area contributed by atoms with Crippen LogP contribution in [-0.2, 0) is 4.79 Å². The van der Waals surface area contributed by atoms with E-state index in [4.69, 9.17) is 0 Å². The van der Waals surface area contributed by atoms with Crippen LogP contribution in [0.1, 0.15) is 52.9 Å². The Hall–Kier alpha value is -0.610. The van der Waals surface area contributed by atoms with Crippen molar-refractivity contribution in [2.75, 3.05) is 13.1 Å². The first-order chi connectivity index (χ1) is 8.40. The average Bonchev–Trinajstić information content (AvgIpc) is 2.48. The van der Waals surface area contributed by atoms with Crippen molar-refractivity contribution in [3.05, 3.63) is 0 Å². The van der Waals surface area contributed by atoms with Gasteiger partial charge in [-0.2, -0.15) is 0 Å². The van der Waals surface area contributed by atoms with E-state index in [1.54, 1.807) is 0 Å². The summed E-state index contributed by atoms with van der Waals surface area (Å²) in [6, 6.07) is 0.460. The van der Waals surface area contributed by atoms with Crippen molar-refractivity contribution in [2.45, 2.75) is 64.5 Å². The standard InChI is InChI=1S/C14H27NO3/c1-4-6-12(13(16)17)14(18)7-5-9-15(10-8-14)11(2)3/h11-12,18H,4-10H2,1-3H3,(H,16,17). The van der Waals surface area contributed by atoms with Gasteiger partial charge < -0.3 is 15.1 Å². The van der Waals surface area contributed by atoms with Gasteiger partial charge in [0.15, 0.2) is 0 Å². The van der Waals surface area contributed by atoms with Crippen LogP contribution in [0.25, 0.3) is 0 Å². The summed E-state index contributed by atoms with van der Waals surface area (Å²) in [7, 11) is 0. The molecular formula is C14H27NO3. The topological polar surface area (TPSA) is 60.8 Å². The van der Waals surface area contributed by atoms with E-state index < -0.39 is 17.5 Å². The van der Waals surface area contributed by atoms with E-state index in [0.29, 0.717) is 25.3 Å². The normalized spacial score (nSPS) is 28.1. The summed E-state index contributed by atoms with van der Waals surface area (Å²) in [5.74, 6) is -1.47. The molecule has 1 saturated heterocycles. The molecule has 2 N–H and O–H groups in total. The first-order valence-electron chi connectivity index (χ1n) is 7.10. The number of hydrogen-bond acceptors (Lipinski definition) is 3. The zero-order chi connectivity index (χ0) is 13.8. The van der Waals surface area contributed by atoms with Crippen LogP contribution in [0.15, 0.2) is 0 Å². The molecule has 0 aromatic heterocycles. The summed E-state index contributed by atoms with van der Waals surface area (Å²) in [5.41, 5.74) is -1.02. The van der Waals surface area contributed by atoms with Crippen molar-refractivity contribution in [3.8, 4) is 0 Å². The molecule has 1 aliphatic rings. The van der Waals surface area contributed by atoms with Gasteiger partial charge in [0.05, 0.1) is 11.5 Å². The van der Waals surface area contributed by atoms with Gasteiger partial charge in [-0.3, -0.25) is 4.79 Å². The minimum absolute atomic E-state index is 0.460. The van der Waals surface area contributed by atoms with Crippen molar-refractivity contribution >= 4 is 5.97 Å². The van der Waals surface area contributed by atoms with Crippen LogP contribution in [0.3, 0.4) is 0 Å². The summed E-state index contributed by atoms with van der Waals surface area (Å²) in [4.78, 5) is 13.7. The van der Waals surface area contributed by atoms with E-state index in [1.807, 2.05) is 6.92 Å². The highest BCUT2D eigenvalue weighted by Gasteiger charge is 2.41. The van der Waals surface area contributed by atoms with Crippen LogP contribution in [-0.4, -0.2) is 45.8 Å². The predicted molar refractivity (Wildman–Crippen MR) is 71.5 cm³/mol. The van der Waals surface area contributed by atoms with Crippen LogP contribution in [0.5, 0.6) is 0 Å². The molecule has 0 spiro atoms. The number of hydrogen-bond donors (Lipinski definition) is 2. The first kappa shape index (κ1) is 15.4. The van der Waals surface area contributed by atoms with Gasteiger partial charge in [0, 0.05) is 12.6 Å². The van der Waals surface area contributed by atoms with E-state index in [1.165, 1.54) is 0 Å². The lowest BCUT2D eigenvalue weighted by atomic mass is 9.79. The van der Waals surface area contributed by atoms with Crippen LogP contribution < -0.4 is 0 Å². The lowest BCUT2D eigenvalue weighted by Crippen LogP contribution is -2.43. The Morgan fingerprint density at radius 3 is 2.50 bits per heavy atom. The number of carbonyl (C=O) groups is 1. The fourth-order valence-corrected chi connectivity index (χ4v) is 2.94. The summed E-state index contributed by atoms with van der Waals surface area (Å²) in [6.07, 6.45) is 3.41. The van der Waals surface area contributed by atoms with Crippen molar-refractivity contribution in [2.24, 2.45) is 5.92 Å². The third kappa shape index (κ3) is 3.69. The number of likely N-dealkylation sites (tertiary alicyclic amines) is 1. The van der Waals surface area contributed by atoms with Crippen LogP contribution in [0.2, 0.25) is 0 Å². The minimum Gasteiger partial charge on any atom is -0.481 e.